The lowest BCUT2D eigenvalue weighted by atomic mass is 10.0. The van der Waals surface area contributed by atoms with Gasteiger partial charge in [-0.25, -0.2) is 14.8 Å². The Morgan fingerprint density at radius 1 is 1.03 bits per heavy atom. The monoisotopic (exact) mass is 460 g/mol. The summed E-state index contributed by atoms with van der Waals surface area (Å²) in [6.45, 7) is 3.94. The maximum absolute atomic E-state index is 12.9. The zero-order valence-electron chi connectivity index (χ0n) is 18.2. The Bertz CT molecular complexity index is 962. The molecule has 7 nitrogen and oxygen atoms in total. The van der Waals surface area contributed by atoms with Crippen molar-refractivity contribution in [3.8, 4) is 0 Å². The maximum Gasteiger partial charge on any atom is 0.434 e. The molecule has 0 unspecified atom stereocenters. The van der Waals surface area contributed by atoms with E-state index in [9.17, 15) is 18.0 Å². The first-order valence-electron chi connectivity index (χ1n) is 11.4. The van der Waals surface area contributed by atoms with Crippen molar-refractivity contribution in [2.75, 3.05) is 31.1 Å². The van der Waals surface area contributed by atoms with Gasteiger partial charge in [0.15, 0.2) is 5.69 Å². The summed E-state index contributed by atoms with van der Waals surface area (Å²) >= 11 is 0. The average Bonchev–Trinajstić information content (AvgIpc) is 3.42. The maximum atomic E-state index is 12.9. The van der Waals surface area contributed by atoms with E-state index >= 15 is 0 Å². The molecule has 4 heterocycles. The van der Waals surface area contributed by atoms with Gasteiger partial charge in [-0.2, -0.15) is 13.2 Å². The average molecular weight is 461 g/mol. The number of benzene rings is 1. The molecule has 33 heavy (non-hydrogen) atoms. The van der Waals surface area contributed by atoms with Gasteiger partial charge in [0.05, 0.1) is 24.5 Å². The number of urea groups is 1. The van der Waals surface area contributed by atoms with E-state index in [2.05, 4.69) is 44.5 Å². The van der Waals surface area contributed by atoms with Gasteiger partial charge in [-0.1, -0.05) is 30.3 Å². The molecule has 0 saturated carbocycles. The number of carbonyl (C=O) groups is 1. The van der Waals surface area contributed by atoms with Crippen LogP contribution >= 0.6 is 0 Å². The molecule has 2 amide bonds. The number of halogens is 3. The zero-order chi connectivity index (χ0) is 23.0. The van der Waals surface area contributed by atoms with E-state index in [1.54, 1.807) is 0 Å². The van der Waals surface area contributed by atoms with Crippen LogP contribution < -0.4 is 10.2 Å². The van der Waals surface area contributed by atoms with Gasteiger partial charge in [0.25, 0.3) is 0 Å². The SMILES string of the molecule is O=C(NC1CCN(Cc2ccccc2)CC1)N1C[C@H]2C[C@@H]1CN2c1cnc(C(F)(F)F)cn1. The summed E-state index contributed by atoms with van der Waals surface area (Å²) in [4.78, 5) is 26.6. The molecule has 1 aromatic carbocycles. The third-order valence-corrected chi connectivity index (χ3v) is 6.89. The molecule has 2 bridgehead atoms. The number of fused-ring (bicyclic) bond motifs is 2. The van der Waals surface area contributed by atoms with Crippen LogP contribution in [0.5, 0.6) is 0 Å². The van der Waals surface area contributed by atoms with Gasteiger partial charge in [-0.3, -0.25) is 4.90 Å². The number of rotatable bonds is 4. The summed E-state index contributed by atoms with van der Waals surface area (Å²) in [5.41, 5.74) is 0.307. The number of hydrogen-bond donors (Lipinski definition) is 1. The van der Waals surface area contributed by atoms with Crippen molar-refractivity contribution in [2.24, 2.45) is 0 Å². The van der Waals surface area contributed by atoms with E-state index in [0.717, 1.165) is 45.1 Å². The largest absolute Gasteiger partial charge is 0.434 e. The molecule has 3 fully saturated rings. The normalized spacial score (nSPS) is 23.8. The Hall–Kier alpha value is -2.88. The van der Waals surface area contributed by atoms with Crippen LogP contribution in [0.1, 0.15) is 30.5 Å². The fraction of sp³-hybridized carbons (Fsp3) is 0.522. The van der Waals surface area contributed by atoms with Crippen LogP contribution in [0, 0.1) is 0 Å². The second-order valence-corrected chi connectivity index (χ2v) is 9.09. The smallest absolute Gasteiger partial charge is 0.348 e. The molecule has 3 aliphatic rings. The molecule has 1 aromatic heterocycles. The highest BCUT2D eigenvalue weighted by Crippen LogP contribution is 2.34. The Balaban J connectivity index is 1.10. The van der Waals surface area contributed by atoms with Crippen LogP contribution in [-0.2, 0) is 12.7 Å². The standard InChI is InChI=1S/C23H27F3N6O/c24-23(25,26)20-11-28-21(12-27-20)31-14-19-10-18(31)15-32(19)22(33)29-17-6-8-30(9-7-17)13-16-4-2-1-3-5-16/h1-5,11-12,17-19H,6-10,13-15H2,(H,29,33)/t18-,19-/m1/s1. The minimum Gasteiger partial charge on any atom is -0.348 e. The van der Waals surface area contributed by atoms with Crippen LogP contribution in [0.25, 0.3) is 0 Å². The van der Waals surface area contributed by atoms with Crippen LogP contribution in [0.15, 0.2) is 42.7 Å². The lowest BCUT2D eigenvalue weighted by molar-refractivity contribution is -0.141. The topological polar surface area (TPSA) is 64.6 Å². The highest BCUT2D eigenvalue weighted by atomic mass is 19.4. The number of amides is 2. The molecule has 1 N–H and O–H groups in total. The van der Waals surface area contributed by atoms with E-state index in [1.807, 2.05) is 15.9 Å². The first-order valence-corrected chi connectivity index (χ1v) is 11.4. The van der Waals surface area contributed by atoms with Crippen LogP contribution in [-0.4, -0.2) is 70.1 Å². The fourth-order valence-electron chi connectivity index (χ4n) is 5.15. The number of hydrogen-bond acceptors (Lipinski definition) is 5. The van der Waals surface area contributed by atoms with Gasteiger partial charge < -0.3 is 15.1 Å². The molecular weight excluding hydrogens is 433 g/mol. The van der Waals surface area contributed by atoms with Crippen LogP contribution in [0.4, 0.5) is 23.8 Å². The second-order valence-electron chi connectivity index (χ2n) is 9.09. The first kappa shape index (κ1) is 21.9. The molecule has 3 saturated heterocycles. The van der Waals surface area contributed by atoms with Gasteiger partial charge >= 0.3 is 12.2 Å². The summed E-state index contributed by atoms with van der Waals surface area (Å²) in [7, 11) is 0. The van der Waals surface area contributed by atoms with Crippen molar-refractivity contribution in [3.05, 3.63) is 54.0 Å². The molecular formula is C23H27F3N6O. The number of anilines is 1. The van der Waals surface area contributed by atoms with Crippen molar-refractivity contribution >= 4 is 11.8 Å². The van der Waals surface area contributed by atoms with E-state index in [-0.39, 0.29) is 24.2 Å². The van der Waals surface area contributed by atoms with E-state index in [1.165, 1.54) is 11.8 Å². The third-order valence-electron chi connectivity index (χ3n) is 6.89. The summed E-state index contributed by atoms with van der Waals surface area (Å²) < 4.78 is 38.2. The number of carbonyl (C=O) groups excluding carboxylic acids is 1. The molecule has 3 aliphatic heterocycles. The lowest BCUT2D eigenvalue weighted by Gasteiger charge is -2.37. The van der Waals surface area contributed by atoms with E-state index in [0.29, 0.717) is 18.9 Å². The lowest BCUT2D eigenvalue weighted by Crippen LogP contribution is -2.55. The molecule has 0 radical (unpaired) electrons. The molecule has 2 aromatic rings. The summed E-state index contributed by atoms with van der Waals surface area (Å²) in [6, 6.07) is 10.6. The Labute approximate surface area is 190 Å². The summed E-state index contributed by atoms with van der Waals surface area (Å²) in [5.74, 6) is 0.432. The number of piperidine rings is 1. The Morgan fingerprint density at radius 2 is 1.79 bits per heavy atom. The Morgan fingerprint density at radius 3 is 2.39 bits per heavy atom. The molecule has 176 valence electrons. The van der Waals surface area contributed by atoms with Crippen LogP contribution in [0.2, 0.25) is 0 Å². The van der Waals surface area contributed by atoms with E-state index in [4.69, 9.17) is 0 Å². The van der Waals surface area contributed by atoms with Gasteiger partial charge in [0.1, 0.15) is 5.82 Å². The van der Waals surface area contributed by atoms with E-state index < -0.39 is 11.9 Å². The summed E-state index contributed by atoms with van der Waals surface area (Å²) in [5, 5.41) is 3.20. The second kappa shape index (κ2) is 8.81. The minimum absolute atomic E-state index is 0.0391. The van der Waals surface area contributed by atoms with Gasteiger partial charge in [-0.05, 0) is 24.8 Å². The quantitative estimate of drug-likeness (QED) is 0.760. The zero-order valence-corrected chi connectivity index (χ0v) is 18.2. The third kappa shape index (κ3) is 4.75. The van der Waals surface area contributed by atoms with Crippen molar-refractivity contribution < 1.29 is 18.0 Å². The number of alkyl halides is 3. The highest BCUT2D eigenvalue weighted by molar-refractivity contribution is 5.76. The van der Waals surface area contributed by atoms with Crippen molar-refractivity contribution in [1.29, 1.82) is 0 Å². The van der Waals surface area contributed by atoms with Crippen molar-refractivity contribution in [3.63, 3.8) is 0 Å². The number of nitrogens with zero attached hydrogens (tertiary/aromatic N) is 5. The molecule has 10 heteroatoms. The number of nitrogens with one attached hydrogen (secondary N) is 1. The highest BCUT2D eigenvalue weighted by Gasteiger charge is 2.46. The number of likely N-dealkylation sites (tertiary alicyclic amines) is 2. The minimum atomic E-state index is -4.50. The van der Waals surface area contributed by atoms with Crippen LogP contribution in [0.3, 0.4) is 0 Å². The Kier molecular flexibility index (Phi) is 5.86. The molecule has 0 spiro atoms. The predicted octanol–water partition coefficient (Wildman–Crippen LogP) is 3.13. The summed E-state index contributed by atoms with van der Waals surface area (Å²) in [6.07, 6.45) is 0.0996. The van der Waals surface area contributed by atoms with Crippen molar-refractivity contribution in [2.45, 2.75) is 50.1 Å². The van der Waals surface area contributed by atoms with Crippen molar-refractivity contribution in [1.82, 2.24) is 25.1 Å². The molecule has 0 aliphatic carbocycles. The number of aromatic nitrogens is 2. The van der Waals surface area contributed by atoms with Gasteiger partial charge in [0, 0.05) is 38.8 Å². The van der Waals surface area contributed by atoms with Gasteiger partial charge in [0.2, 0.25) is 0 Å². The first-order chi connectivity index (χ1) is 15.9. The van der Waals surface area contributed by atoms with Gasteiger partial charge in [-0.15, -0.1) is 0 Å². The number of piperazine rings is 1. The fourth-order valence-corrected chi connectivity index (χ4v) is 5.15. The predicted molar refractivity (Wildman–Crippen MR) is 117 cm³/mol. The molecule has 5 rings (SSSR count). The molecule has 2 atom stereocenters.